The minimum atomic E-state index is 0.156. The maximum atomic E-state index is 11.5. The lowest BCUT2D eigenvalue weighted by molar-refractivity contribution is -0.129. The molecule has 0 saturated carbocycles. The van der Waals surface area contributed by atoms with Gasteiger partial charge in [0.1, 0.15) is 0 Å². The molecule has 5 rings (SSSR count). The zero-order valence-corrected chi connectivity index (χ0v) is 16.5. The summed E-state index contributed by atoms with van der Waals surface area (Å²) in [5.41, 5.74) is 1.40. The molecule has 1 amide bonds. The van der Waals surface area contributed by atoms with Gasteiger partial charge in [0.15, 0.2) is 5.82 Å². The molecular formula is C22H28N4O2. The Morgan fingerprint density at radius 1 is 1.11 bits per heavy atom. The first kappa shape index (κ1) is 17.9. The standard InChI is InChI=1S/C22H28N4O2/c1-15(27)25-12-9-17(10-13-25)22-23-21(24-28-22)18-14-20(16-6-3-2-4-7-16)26-11-5-8-19(18)26/h2-4,6-7,17-20H,5,8-14H2,1H3/t18-,19+,20-/m1/s1. The highest BCUT2D eigenvalue weighted by Gasteiger charge is 2.46. The van der Waals surface area contributed by atoms with Crippen molar-refractivity contribution in [2.75, 3.05) is 19.6 Å². The van der Waals surface area contributed by atoms with Gasteiger partial charge < -0.3 is 9.42 Å². The van der Waals surface area contributed by atoms with Gasteiger partial charge in [-0.1, -0.05) is 35.5 Å². The van der Waals surface area contributed by atoms with Crippen LogP contribution in [0.2, 0.25) is 0 Å². The van der Waals surface area contributed by atoms with Gasteiger partial charge in [0.2, 0.25) is 11.8 Å². The van der Waals surface area contributed by atoms with Crippen molar-refractivity contribution in [1.29, 1.82) is 0 Å². The maximum absolute atomic E-state index is 11.5. The van der Waals surface area contributed by atoms with Crippen LogP contribution in [-0.2, 0) is 4.79 Å². The lowest BCUT2D eigenvalue weighted by Crippen LogP contribution is -2.36. The molecule has 0 aliphatic carbocycles. The molecule has 1 aromatic heterocycles. The van der Waals surface area contributed by atoms with Crippen molar-refractivity contribution in [3.8, 4) is 0 Å². The molecule has 3 aliphatic heterocycles. The molecule has 3 saturated heterocycles. The van der Waals surface area contributed by atoms with Gasteiger partial charge in [-0.15, -0.1) is 0 Å². The molecule has 0 bridgehead atoms. The minimum Gasteiger partial charge on any atom is -0.343 e. The summed E-state index contributed by atoms with van der Waals surface area (Å²) < 4.78 is 5.72. The van der Waals surface area contributed by atoms with E-state index in [1.807, 2.05) is 4.90 Å². The van der Waals surface area contributed by atoms with Gasteiger partial charge >= 0.3 is 0 Å². The van der Waals surface area contributed by atoms with Gasteiger partial charge in [0, 0.05) is 43.9 Å². The summed E-state index contributed by atoms with van der Waals surface area (Å²) in [5.74, 6) is 2.44. The third-order valence-electron chi connectivity index (χ3n) is 6.95. The Kier molecular flexibility index (Phi) is 4.67. The van der Waals surface area contributed by atoms with Gasteiger partial charge in [-0.25, -0.2) is 0 Å². The number of carbonyl (C=O) groups is 1. The van der Waals surface area contributed by atoms with Gasteiger partial charge in [0.25, 0.3) is 0 Å². The van der Waals surface area contributed by atoms with E-state index >= 15 is 0 Å². The fraction of sp³-hybridized carbons (Fsp3) is 0.591. The summed E-state index contributed by atoms with van der Waals surface area (Å²) in [5, 5.41) is 4.42. The maximum Gasteiger partial charge on any atom is 0.229 e. The zero-order valence-electron chi connectivity index (χ0n) is 16.5. The van der Waals surface area contributed by atoms with Crippen molar-refractivity contribution in [3.05, 3.63) is 47.6 Å². The average molecular weight is 380 g/mol. The molecule has 6 nitrogen and oxygen atoms in total. The number of likely N-dealkylation sites (tertiary alicyclic amines) is 1. The first-order valence-electron chi connectivity index (χ1n) is 10.6. The number of piperidine rings is 1. The van der Waals surface area contributed by atoms with E-state index in [9.17, 15) is 4.79 Å². The molecule has 6 heteroatoms. The second-order valence-electron chi connectivity index (χ2n) is 8.49. The monoisotopic (exact) mass is 380 g/mol. The molecule has 148 valence electrons. The van der Waals surface area contributed by atoms with Crippen molar-refractivity contribution in [2.45, 2.75) is 62.9 Å². The lowest BCUT2D eigenvalue weighted by atomic mass is 9.93. The van der Waals surface area contributed by atoms with Gasteiger partial charge in [0.05, 0.1) is 0 Å². The number of carbonyl (C=O) groups excluding carboxylic acids is 1. The molecule has 2 aromatic rings. The third-order valence-corrected chi connectivity index (χ3v) is 6.95. The quantitative estimate of drug-likeness (QED) is 0.816. The molecule has 0 radical (unpaired) electrons. The van der Waals surface area contributed by atoms with Crippen molar-refractivity contribution in [3.63, 3.8) is 0 Å². The Hall–Kier alpha value is -2.21. The third kappa shape index (κ3) is 3.13. The number of amides is 1. The Morgan fingerprint density at radius 3 is 2.64 bits per heavy atom. The van der Waals surface area contributed by atoms with Crippen molar-refractivity contribution in [1.82, 2.24) is 19.9 Å². The number of benzene rings is 1. The molecule has 28 heavy (non-hydrogen) atoms. The molecular weight excluding hydrogens is 352 g/mol. The average Bonchev–Trinajstić information content (AvgIpc) is 3.45. The molecule has 0 N–H and O–H groups in total. The van der Waals surface area contributed by atoms with Crippen LogP contribution in [0.15, 0.2) is 34.9 Å². The molecule has 0 unspecified atom stereocenters. The Labute approximate surface area is 165 Å². The van der Waals surface area contributed by atoms with Crippen LogP contribution < -0.4 is 0 Å². The molecule has 0 spiro atoms. The minimum absolute atomic E-state index is 0.156. The first-order valence-corrected chi connectivity index (χ1v) is 10.6. The predicted molar refractivity (Wildman–Crippen MR) is 105 cm³/mol. The summed E-state index contributed by atoms with van der Waals surface area (Å²) in [6.45, 7) is 4.37. The highest BCUT2D eigenvalue weighted by atomic mass is 16.5. The van der Waals surface area contributed by atoms with Crippen LogP contribution in [0.5, 0.6) is 0 Å². The topological polar surface area (TPSA) is 62.5 Å². The van der Waals surface area contributed by atoms with E-state index in [1.54, 1.807) is 6.92 Å². The number of aromatic nitrogens is 2. The number of fused-ring (bicyclic) bond motifs is 1. The largest absolute Gasteiger partial charge is 0.343 e. The Morgan fingerprint density at radius 2 is 1.89 bits per heavy atom. The number of hydrogen-bond acceptors (Lipinski definition) is 5. The van der Waals surface area contributed by atoms with Crippen LogP contribution in [0.3, 0.4) is 0 Å². The Balaban J connectivity index is 1.32. The van der Waals surface area contributed by atoms with Crippen molar-refractivity contribution < 1.29 is 9.32 Å². The zero-order chi connectivity index (χ0) is 19.1. The fourth-order valence-electron chi connectivity index (χ4n) is 5.45. The smallest absolute Gasteiger partial charge is 0.229 e. The van der Waals surface area contributed by atoms with Crippen LogP contribution in [-0.4, -0.2) is 51.5 Å². The van der Waals surface area contributed by atoms with E-state index in [0.717, 1.165) is 50.6 Å². The van der Waals surface area contributed by atoms with Gasteiger partial charge in [-0.2, -0.15) is 4.98 Å². The van der Waals surface area contributed by atoms with E-state index in [-0.39, 0.29) is 11.8 Å². The second-order valence-corrected chi connectivity index (χ2v) is 8.49. The van der Waals surface area contributed by atoms with E-state index < -0.39 is 0 Å². The summed E-state index contributed by atoms with van der Waals surface area (Å²) in [7, 11) is 0. The first-order chi connectivity index (χ1) is 13.7. The van der Waals surface area contributed by atoms with E-state index in [2.05, 4.69) is 40.4 Å². The van der Waals surface area contributed by atoms with Crippen LogP contribution in [0.4, 0.5) is 0 Å². The van der Waals surface area contributed by atoms with Crippen LogP contribution in [0.1, 0.15) is 74.2 Å². The van der Waals surface area contributed by atoms with Crippen molar-refractivity contribution >= 4 is 5.91 Å². The summed E-state index contributed by atoms with van der Waals surface area (Å²) in [6, 6.07) is 11.8. The summed E-state index contributed by atoms with van der Waals surface area (Å²) in [6.07, 6.45) is 5.35. The van der Waals surface area contributed by atoms with Crippen LogP contribution >= 0.6 is 0 Å². The second kappa shape index (κ2) is 7.32. The summed E-state index contributed by atoms with van der Waals surface area (Å²) >= 11 is 0. The highest BCUT2D eigenvalue weighted by Crippen LogP contribution is 2.48. The fourth-order valence-corrected chi connectivity index (χ4v) is 5.45. The molecule has 3 fully saturated rings. The van der Waals surface area contributed by atoms with Gasteiger partial charge in [-0.3, -0.25) is 9.69 Å². The molecule has 3 aliphatic rings. The number of nitrogens with zero attached hydrogens (tertiary/aromatic N) is 4. The molecule has 3 atom stereocenters. The van der Waals surface area contributed by atoms with Crippen molar-refractivity contribution in [2.24, 2.45) is 0 Å². The van der Waals surface area contributed by atoms with Crippen LogP contribution in [0.25, 0.3) is 0 Å². The normalized spacial score (nSPS) is 28.6. The Bertz CT molecular complexity index is 828. The van der Waals surface area contributed by atoms with E-state index in [4.69, 9.17) is 9.51 Å². The SMILES string of the molecule is CC(=O)N1CCC(c2nc([C@@H]3C[C@H](c4ccccc4)N4CCC[C@@H]34)no2)CC1. The number of hydrogen-bond donors (Lipinski definition) is 0. The number of rotatable bonds is 3. The summed E-state index contributed by atoms with van der Waals surface area (Å²) in [4.78, 5) is 21.0. The van der Waals surface area contributed by atoms with E-state index in [1.165, 1.54) is 18.4 Å². The predicted octanol–water partition coefficient (Wildman–Crippen LogP) is 3.49. The lowest BCUT2D eigenvalue weighted by Gasteiger charge is -2.29. The van der Waals surface area contributed by atoms with Crippen LogP contribution in [0, 0.1) is 0 Å². The highest BCUT2D eigenvalue weighted by molar-refractivity contribution is 5.73. The molecule has 4 heterocycles. The van der Waals surface area contributed by atoms with Gasteiger partial charge in [-0.05, 0) is 44.2 Å². The molecule has 1 aromatic carbocycles. The van der Waals surface area contributed by atoms with E-state index in [0.29, 0.717) is 18.0 Å².